The first-order valence-corrected chi connectivity index (χ1v) is 5.88. The molecule has 0 atom stereocenters. The van der Waals surface area contributed by atoms with Crippen molar-refractivity contribution in [3.05, 3.63) is 59.2 Å². The van der Waals surface area contributed by atoms with Crippen molar-refractivity contribution in [1.29, 1.82) is 5.26 Å². The number of hydrogen-bond acceptors (Lipinski definition) is 3. The van der Waals surface area contributed by atoms with Gasteiger partial charge in [0.2, 0.25) is 0 Å². The van der Waals surface area contributed by atoms with Gasteiger partial charge in [0, 0.05) is 12.8 Å². The number of nitrogens with zero attached hydrogens (tertiary/aromatic N) is 1. The minimum absolute atomic E-state index is 0.0568. The van der Waals surface area contributed by atoms with E-state index in [-0.39, 0.29) is 11.3 Å². The van der Waals surface area contributed by atoms with Crippen LogP contribution < -0.4 is 5.32 Å². The molecular weight excluding hydrogens is 262 g/mol. The van der Waals surface area contributed by atoms with E-state index in [1.54, 1.807) is 31.4 Å². The second-order valence-electron chi connectivity index (χ2n) is 4.19. The lowest BCUT2D eigenvalue weighted by Gasteiger charge is -2.10. The smallest absolute Gasteiger partial charge is 0.150 e. The van der Waals surface area contributed by atoms with Gasteiger partial charge in [-0.15, -0.1) is 0 Å². The lowest BCUT2D eigenvalue weighted by molar-refractivity contribution is 0.185. The summed E-state index contributed by atoms with van der Waals surface area (Å²) in [5.41, 5.74) is 1.09. The first-order chi connectivity index (χ1) is 9.63. The molecule has 2 aromatic carbocycles. The van der Waals surface area contributed by atoms with Gasteiger partial charge in [-0.25, -0.2) is 8.78 Å². The number of benzene rings is 2. The summed E-state index contributed by atoms with van der Waals surface area (Å²) in [7, 11) is 1.57. The molecule has 5 heteroatoms. The molecule has 0 saturated heterocycles. The zero-order chi connectivity index (χ0) is 14.5. The quantitative estimate of drug-likeness (QED) is 0.924. The molecule has 0 bridgehead atoms. The summed E-state index contributed by atoms with van der Waals surface area (Å²) < 4.78 is 32.5. The van der Waals surface area contributed by atoms with Crippen LogP contribution in [0.4, 0.5) is 20.2 Å². The summed E-state index contributed by atoms with van der Waals surface area (Å²) in [6, 6.07) is 10.7. The summed E-state index contributed by atoms with van der Waals surface area (Å²) in [6.45, 7) is 0.411. The van der Waals surface area contributed by atoms with Crippen molar-refractivity contribution in [1.82, 2.24) is 0 Å². The molecule has 3 nitrogen and oxygen atoms in total. The minimum Gasteiger partial charge on any atom is -0.380 e. The first-order valence-electron chi connectivity index (χ1n) is 5.88. The molecule has 102 valence electrons. The van der Waals surface area contributed by atoms with Gasteiger partial charge < -0.3 is 10.1 Å². The molecule has 1 N–H and O–H groups in total. The maximum absolute atomic E-state index is 13.8. The maximum Gasteiger partial charge on any atom is 0.150 e. The molecule has 0 radical (unpaired) electrons. The zero-order valence-electron chi connectivity index (χ0n) is 10.8. The van der Waals surface area contributed by atoms with Gasteiger partial charge in [-0.1, -0.05) is 12.1 Å². The van der Waals surface area contributed by atoms with Gasteiger partial charge in [-0.3, -0.25) is 0 Å². The second kappa shape index (κ2) is 6.13. The molecule has 0 unspecified atom stereocenters. The molecule has 0 aliphatic rings. The summed E-state index contributed by atoms with van der Waals surface area (Å²) in [4.78, 5) is 0. The Morgan fingerprint density at radius 2 is 1.90 bits per heavy atom. The lowest BCUT2D eigenvalue weighted by Crippen LogP contribution is -1.99. The van der Waals surface area contributed by atoms with Crippen molar-refractivity contribution in [2.24, 2.45) is 0 Å². The van der Waals surface area contributed by atoms with Crippen molar-refractivity contribution >= 4 is 11.4 Å². The Hall–Kier alpha value is -2.45. The maximum atomic E-state index is 13.8. The number of hydrogen-bond donors (Lipinski definition) is 1. The van der Waals surface area contributed by atoms with E-state index in [4.69, 9.17) is 10.00 Å². The van der Waals surface area contributed by atoms with Crippen LogP contribution in [-0.2, 0) is 11.3 Å². The third-order valence-corrected chi connectivity index (χ3v) is 2.68. The van der Waals surface area contributed by atoms with E-state index >= 15 is 0 Å². The van der Waals surface area contributed by atoms with Gasteiger partial charge in [0.1, 0.15) is 5.69 Å². The number of rotatable bonds is 4. The predicted octanol–water partition coefficient (Wildman–Crippen LogP) is 3.73. The first kappa shape index (κ1) is 14.0. The third-order valence-electron chi connectivity index (χ3n) is 2.68. The molecule has 0 fully saturated rings. The summed E-state index contributed by atoms with van der Waals surface area (Å²) in [6.07, 6.45) is 0. The van der Waals surface area contributed by atoms with Crippen molar-refractivity contribution in [3.63, 3.8) is 0 Å². The van der Waals surface area contributed by atoms with Gasteiger partial charge in [0.05, 0.1) is 18.2 Å². The Morgan fingerprint density at radius 3 is 2.50 bits per heavy atom. The number of halogens is 2. The molecule has 0 heterocycles. The number of anilines is 2. The predicted molar refractivity (Wildman–Crippen MR) is 71.5 cm³/mol. The monoisotopic (exact) mass is 274 g/mol. The Kier molecular flexibility index (Phi) is 4.28. The van der Waals surface area contributed by atoms with Crippen molar-refractivity contribution in [2.45, 2.75) is 6.61 Å². The molecule has 0 aliphatic heterocycles. The van der Waals surface area contributed by atoms with Gasteiger partial charge in [-0.05, 0) is 29.8 Å². The van der Waals surface area contributed by atoms with E-state index in [0.717, 1.165) is 17.7 Å². The highest BCUT2D eigenvalue weighted by molar-refractivity contribution is 5.62. The van der Waals surface area contributed by atoms with Crippen LogP contribution in [0.25, 0.3) is 0 Å². The fourth-order valence-corrected chi connectivity index (χ4v) is 1.81. The molecule has 0 saturated carbocycles. The second-order valence-corrected chi connectivity index (χ2v) is 4.19. The molecular formula is C15H12F2N2O. The SMILES string of the molecule is COCc1cccc(Nc2c(F)cc(C#N)cc2F)c1. The molecule has 0 amide bonds. The topological polar surface area (TPSA) is 45.0 Å². The van der Waals surface area contributed by atoms with Crippen LogP contribution in [0.1, 0.15) is 11.1 Å². The van der Waals surface area contributed by atoms with Crippen LogP contribution in [0.5, 0.6) is 0 Å². The molecule has 20 heavy (non-hydrogen) atoms. The Morgan fingerprint density at radius 1 is 1.20 bits per heavy atom. The fraction of sp³-hybridized carbons (Fsp3) is 0.133. The highest BCUT2D eigenvalue weighted by Gasteiger charge is 2.11. The summed E-state index contributed by atoms with van der Waals surface area (Å²) in [5.74, 6) is -1.61. The highest BCUT2D eigenvalue weighted by atomic mass is 19.1. The largest absolute Gasteiger partial charge is 0.380 e. The van der Waals surface area contributed by atoms with E-state index < -0.39 is 11.6 Å². The minimum atomic E-state index is -0.807. The molecule has 2 aromatic rings. The van der Waals surface area contributed by atoms with Gasteiger partial charge in [-0.2, -0.15) is 5.26 Å². The van der Waals surface area contributed by atoms with E-state index in [2.05, 4.69) is 5.32 Å². The average molecular weight is 274 g/mol. The van der Waals surface area contributed by atoms with Crippen LogP contribution in [0.15, 0.2) is 36.4 Å². The zero-order valence-corrected chi connectivity index (χ0v) is 10.8. The number of nitriles is 1. The molecule has 0 aromatic heterocycles. The van der Waals surface area contributed by atoms with Crippen molar-refractivity contribution in [3.8, 4) is 6.07 Å². The molecule has 2 rings (SSSR count). The van der Waals surface area contributed by atoms with Crippen LogP contribution in [0, 0.1) is 23.0 Å². The van der Waals surface area contributed by atoms with Crippen molar-refractivity contribution in [2.75, 3.05) is 12.4 Å². The Bertz CT molecular complexity index is 642. The van der Waals surface area contributed by atoms with Gasteiger partial charge in [0.15, 0.2) is 11.6 Å². The van der Waals surface area contributed by atoms with Crippen LogP contribution in [0.3, 0.4) is 0 Å². The third kappa shape index (κ3) is 3.11. The number of ether oxygens (including phenoxy) is 1. The highest BCUT2D eigenvalue weighted by Crippen LogP contribution is 2.25. The standard InChI is InChI=1S/C15H12F2N2O/c1-20-9-10-3-2-4-12(5-10)19-15-13(16)6-11(8-18)7-14(15)17/h2-7,19H,9H2,1H3. The number of nitrogens with one attached hydrogen (secondary N) is 1. The van der Waals surface area contributed by atoms with E-state index in [1.165, 1.54) is 0 Å². The average Bonchev–Trinajstić information content (AvgIpc) is 2.43. The molecule has 0 spiro atoms. The Labute approximate surface area is 115 Å². The van der Waals surface area contributed by atoms with E-state index in [1.807, 2.05) is 6.07 Å². The van der Waals surface area contributed by atoms with Crippen molar-refractivity contribution < 1.29 is 13.5 Å². The number of methoxy groups -OCH3 is 1. The normalized spacial score (nSPS) is 10.1. The van der Waals surface area contributed by atoms with Crippen LogP contribution in [-0.4, -0.2) is 7.11 Å². The van der Waals surface area contributed by atoms with Crippen LogP contribution >= 0.6 is 0 Å². The van der Waals surface area contributed by atoms with Gasteiger partial charge in [0.25, 0.3) is 0 Å². The summed E-state index contributed by atoms with van der Waals surface area (Å²) in [5, 5.41) is 11.3. The van der Waals surface area contributed by atoms with E-state index in [0.29, 0.717) is 12.3 Å². The lowest BCUT2D eigenvalue weighted by atomic mass is 10.1. The summed E-state index contributed by atoms with van der Waals surface area (Å²) >= 11 is 0. The van der Waals surface area contributed by atoms with Gasteiger partial charge >= 0.3 is 0 Å². The Balaban J connectivity index is 2.31. The van der Waals surface area contributed by atoms with Crippen LogP contribution in [0.2, 0.25) is 0 Å². The van der Waals surface area contributed by atoms with E-state index in [9.17, 15) is 8.78 Å². The molecule has 0 aliphatic carbocycles. The fourth-order valence-electron chi connectivity index (χ4n) is 1.81.